The lowest BCUT2D eigenvalue weighted by Crippen LogP contribution is -2.65. The first-order valence-corrected chi connectivity index (χ1v) is 7.86. The van der Waals surface area contributed by atoms with Crippen molar-refractivity contribution in [2.45, 2.75) is 50.3 Å². The fourth-order valence-corrected chi connectivity index (χ4v) is 3.79. The minimum atomic E-state index is -0.454. The van der Waals surface area contributed by atoms with Crippen LogP contribution in [0.15, 0.2) is 0 Å². The zero-order valence-corrected chi connectivity index (χ0v) is 12.8. The van der Waals surface area contributed by atoms with Crippen LogP contribution in [0.2, 0.25) is 0 Å². The van der Waals surface area contributed by atoms with Gasteiger partial charge in [0.1, 0.15) is 17.7 Å². The summed E-state index contributed by atoms with van der Waals surface area (Å²) in [6.07, 6.45) is 3.12. The number of nitrogens with zero attached hydrogens (tertiary/aromatic N) is 2. The Labute approximate surface area is 125 Å². The molecule has 21 heavy (non-hydrogen) atoms. The van der Waals surface area contributed by atoms with Crippen molar-refractivity contribution in [2.75, 3.05) is 33.4 Å². The van der Waals surface area contributed by atoms with E-state index in [0.29, 0.717) is 26.2 Å². The fraction of sp³-hybridized carbons (Fsp3) is 0.867. The average molecular weight is 296 g/mol. The summed E-state index contributed by atoms with van der Waals surface area (Å²) in [5.41, 5.74) is -0.454. The summed E-state index contributed by atoms with van der Waals surface area (Å²) in [6.45, 7) is 4.28. The van der Waals surface area contributed by atoms with Gasteiger partial charge in [-0.3, -0.25) is 9.59 Å². The molecule has 6 heteroatoms. The summed E-state index contributed by atoms with van der Waals surface area (Å²) < 4.78 is 11.1. The van der Waals surface area contributed by atoms with E-state index in [0.717, 1.165) is 25.8 Å². The second kappa shape index (κ2) is 5.57. The minimum Gasteiger partial charge on any atom is -0.378 e. The second-order valence-corrected chi connectivity index (χ2v) is 6.27. The van der Waals surface area contributed by atoms with E-state index in [1.807, 2.05) is 6.92 Å². The highest BCUT2D eigenvalue weighted by Gasteiger charge is 2.50. The van der Waals surface area contributed by atoms with E-state index in [2.05, 4.69) is 0 Å². The van der Waals surface area contributed by atoms with Crippen LogP contribution in [0, 0.1) is 0 Å². The molecule has 0 radical (unpaired) electrons. The molecule has 2 amide bonds. The molecule has 3 heterocycles. The lowest BCUT2D eigenvalue weighted by atomic mass is 9.97. The fourth-order valence-electron chi connectivity index (χ4n) is 3.79. The van der Waals surface area contributed by atoms with Crippen molar-refractivity contribution in [3.63, 3.8) is 0 Å². The molecule has 0 bridgehead atoms. The van der Waals surface area contributed by atoms with Crippen molar-refractivity contribution in [3.05, 3.63) is 0 Å². The first-order chi connectivity index (χ1) is 10.1. The summed E-state index contributed by atoms with van der Waals surface area (Å²) in [5.74, 6) is 0.187. The van der Waals surface area contributed by atoms with Crippen molar-refractivity contribution in [2.24, 2.45) is 0 Å². The van der Waals surface area contributed by atoms with E-state index in [9.17, 15) is 9.59 Å². The predicted octanol–water partition coefficient (Wildman–Crippen LogP) is 0.404. The van der Waals surface area contributed by atoms with Gasteiger partial charge in [-0.1, -0.05) is 6.92 Å². The zero-order valence-electron chi connectivity index (χ0n) is 12.8. The van der Waals surface area contributed by atoms with Crippen LogP contribution >= 0.6 is 0 Å². The highest BCUT2D eigenvalue weighted by atomic mass is 16.5. The molecule has 118 valence electrons. The zero-order chi connectivity index (χ0) is 15.0. The van der Waals surface area contributed by atoms with Crippen molar-refractivity contribution < 1.29 is 19.1 Å². The van der Waals surface area contributed by atoms with Gasteiger partial charge in [-0.05, 0) is 19.3 Å². The average Bonchev–Trinajstić information content (AvgIpc) is 3.15. The molecule has 3 aliphatic heterocycles. The van der Waals surface area contributed by atoms with Crippen molar-refractivity contribution >= 4 is 11.8 Å². The molecular formula is C15H24N2O4. The molecule has 0 aromatic rings. The van der Waals surface area contributed by atoms with Crippen LogP contribution in [0.1, 0.15) is 32.6 Å². The Hall–Kier alpha value is -1.14. The van der Waals surface area contributed by atoms with Crippen molar-refractivity contribution in [1.82, 2.24) is 9.80 Å². The van der Waals surface area contributed by atoms with Crippen LogP contribution in [0.4, 0.5) is 0 Å². The number of ether oxygens (including phenoxy) is 2. The molecule has 0 saturated carbocycles. The maximum Gasteiger partial charge on any atom is 0.246 e. The van der Waals surface area contributed by atoms with Crippen LogP contribution in [-0.2, 0) is 19.1 Å². The third-order valence-corrected chi connectivity index (χ3v) is 5.11. The highest BCUT2D eigenvalue weighted by Crippen LogP contribution is 2.32. The van der Waals surface area contributed by atoms with Crippen molar-refractivity contribution in [3.8, 4) is 0 Å². The van der Waals surface area contributed by atoms with Gasteiger partial charge in [0.15, 0.2) is 0 Å². The number of carbonyl (C=O) groups excluding carboxylic acids is 2. The SMILES string of the molecule is CCC1C(=O)N2CCCC2C(=O)N1CC1(OC)CCOC1. The second-order valence-electron chi connectivity index (χ2n) is 6.27. The van der Waals surface area contributed by atoms with E-state index in [4.69, 9.17) is 9.47 Å². The summed E-state index contributed by atoms with van der Waals surface area (Å²) in [6, 6.07) is -0.601. The molecule has 3 atom stereocenters. The molecule has 3 saturated heterocycles. The van der Waals surface area contributed by atoms with Crippen LogP contribution in [0.5, 0.6) is 0 Å². The van der Waals surface area contributed by atoms with Gasteiger partial charge in [-0.15, -0.1) is 0 Å². The lowest BCUT2D eigenvalue weighted by molar-refractivity contribution is -0.164. The van der Waals surface area contributed by atoms with E-state index in [1.165, 1.54) is 0 Å². The predicted molar refractivity (Wildman–Crippen MR) is 75.7 cm³/mol. The maximum atomic E-state index is 12.8. The summed E-state index contributed by atoms with van der Waals surface area (Å²) >= 11 is 0. The normalized spacial score (nSPS) is 36.5. The van der Waals surface area contributed by atoms with Gasteiger partial charge in [0.05, 0.1) is 13.2 Å². The first kappa shape index (κ1) is 14.8. The van der Waals surface area contributed by atoms with Gasteiger partial charge in [0.25, 0.3) is 0 Å². The monoisotopic (exact) mass is 296 g/mol. The molecule has 6 nitrogen and oxygen atoms in total. The Morgan fingerprint density at radius 2 is 2.19 bits per heavy atom. The molecule has 3 rings (SSSR count). The highest BCUT2D eigenvalue weighted by molar-refractivity contribution is 5.97. The van der Waals surface area contributed by atoms with Crippen LogP contribution in [0.25, 0.3) is 0 Å². The number of rotatable bonds is 4. The number of amides is 2. The van der Waals surface area contributed by atoms with E-state index in [1.54, 1.807) is 16.9 Å². The molecule has 0 N–H and O–H groups in total. The standard InChI is InChI=1S/C15H24N2O4/c1-3-11-13(18)16-7-4-5-12(16)14(19)17(11)9-15(20-2)6-8-21-10-15/h11-12H,3-10H2,1-2H3. The Kier molecular flexibility index (Phi) is 3.92. The topological polar surface area (TPSA) is 59.1 Å². The van der Waals surface area contributed by atoms with Gasteiger partial charge >= 0.3 is 0 Å². The Balaban J connectivity index is 1.84. The number of fused-ring (bicyclic) bond motifs is 1. The Morgan fingerprint density at radius 3 is 2.81 bits per heavy atom. The number of hydrogen-bond donors (Lipinski definition) is 0. The third-order valence-electron chi connectivity index (χ3n) is 5.11. The number of methoxy groups -OCH3 is 1. The maximum absolute atomic E-state index is 12.8. The van der Waals surface area contributed by atoms with Crippen LogP contribution in [0.3, 0.4) is 0 Å². The molecule has 3 fully saturated rings. The Bertz CT molecular complexity index is 433. The molecule has 0 aliphatic carbocycles. The van der Waals surface area contributed by atoms with Gasteiger partial charge in [0, 0.05) is 26.7 Å². The lowest BCUT2D eigenvalue weighted by Gasteiger charge is -2.45. The molecule has 0 aromatic heterocycles. The number of carbonyl (C=O) groups is 2. The molecular weight excluding hydrogens is 272 g/mol. The quantitative estimate of drug-likeness (QED) is 0.754. The van der Waals surface area contributed by atoms with Gasteiger partial charge < -0.3 is 19.3 Å². The van der Waals surface area contributed by atoms with Crippen LogP contribution in [-0.4, -0.2) is 72.7 Å². The van der Waals surface area contributed by atoms with Gasteiger partial charge in [0.2, 0.25) is 11.8 Å². The minimum absolute atomic E-state index is 0.0854. The number of hydrogen-bond acceptors (Lipinski definition) is 4. The van der Waals surface area contributed by atoms with Gasteiger partial charge in [-0.25, -0.2) is 0 Å². The summed E-state index contributed by atoms with van der Waals surface area (Å²) in [7, 11) is 1.66. The molecule has 0 aromatic carbocycles. The van der Waals surface area contributed by atoms with E-state index >= 15 is 0 Å². The summed E-state index contributed by atoms with van der Waals surface area (Å²) in [4.78, 5) is 29.0. The largest absolute Gasteiger partial charge is 0.378 e. The Morgan fingerprint density at radius 1 is 1.38 bits per heavy atom. The molecule has 3 unspecified atom stereocenters. The van der Waals surface area contributed by atoms with Gasteiger partial charge in [-0.2, -0.15) is 0 Å². The number of piperazine rings is 1. The molecule has 0 spiro atoms. The van der Waals surface area contributed by atoms with E-state index < -0.39 is 5.60 Å². The summed E-state index contributed by atoms with van der Waals surface area (Å²) in [5, 5.41) is 0. The third kappa shape index (κ3) is 2.34. The van der Waals surface area contributed by atoms with E-state index in [-0.39, 0.29) is 23.9 Å². The van der Waals surface area contributed by atoms with Crippen LogP contribution < -0.4 is 0 Å². The molecule has 3 aliphatic rings. The first-order valence-electron chi connectivity index (χ1n) is 7.86. The smallest absolute Gasteiger partial charge is 0.246 e. The van der Waals surface area contributed by atoms with Crippen molar-refractivity contribution in [1.29, 1.82) is 0 Å².